The molecule has 0 saturated carbocycles. The SMILES string of the molecule is Cn1cc(C(=O)c2ccc(Br)o2)cc1C(=O)O. The van der Waals surface area contributed by atoms with Crippen LogP contribution >= 0.6 is 15.9 Å². The Kier molecular flexibility index (Phi) is 2.89. The molecule has 1 N–H and O–H groups in total. The smallest absolute Gasteiger partial charge is 0.352 e. The summed E-state index contributed by atoms with van der Waals surface area (Å²) in [5.41, 5.74) is 0.339. The number of furan rings is 1. The number of hydrogen-bond acceptors (Lipinski definition) is 3. The normalized spacial score (nSPS) is 10.5. The molecule has 2 rings (SSSR count). The standard InChI is InChI=1S/C11H8BrNO4/c1-13-5-6(4-7(13)11(15)16)10(14)8-2-3-9(12)17-8/h2-5H,1H3,(H,15,16). The number of ketones is 1. The summed E-state index contributed by atoms with van der Waals surface area (Å²) >= 11 is 3.10. The van der Waals surface area contributed by atoms with E-state index in [-0.39, 0.29) is 22.8 Å². The number of carboxylic acid groups (broad SMARTS) is 1. The zero-order valence-electron chi connectivity index (χ0n) is 8.81. The van der Waals surface area contributed by atoms with E-state index in [2.05, 4.69) is 15.9 Å². The quantitative estimate of drug-likeness (QED) is 0.883. The number of nitrogens with zero attached hydrogens (tertiary/aromatic N) is 1. The Labute approximate surface area is 105 Å². The molecule has 0 atom stereocenters. The van der Waals surface area contributed by atoms with Crippen molar-refractivity contribution in [3.8, 4) is 0 Å². The fourth-order valence-corrected chi connectivity index (χ4v) is 1.79. The number of carboxylic acids is 1. The van der Waals surface area contributed by atoms with Gasteiger partial charge in [-0.05, 0) is 34.1 Å². The number of aromatic carboxylic acids is 1. The lowest BCUT2D eigenvalue weighted by molar-refractivity contribution is 0.0686. The van der Waals surface area contributed by atoms with Crippen LogP contribution in [0.4, 0.5) is 0 Å². The molecule has 2 heterocycles. The number of hydrogen-bond donors (Lipinski definition) is 1. The lowest BCUT2D eigenvalue weighted by Crippen LogP contribution is -2.02. The predicted octanol–water partition coefficient (Wildman–Crippen LogP) is 2.31. The molecule has 17 heavy (non-hydrogen) atoms. The van der Waals surface area contributed by atoms with Crippen LogP contribution < -0.4 is 0 Å². The summed E-state index contributed by atoms with van der Waals surface area (Å²) in [5, 5.41) is 8.87. The Morgan fingerprint density at radius 3 is 2.59 bits per heavy atom. The molecule has 0 saturated heterocycles. The third kappa shape index (κ3) is 2.16. The van der Waals surface area contributed by atoms with Crippen LogP contribution in [0.1, 0.15) is 26.6 Å². The molecule has 0 aliphatic rings. The molecular formula is C11H8BrNO4. The molecule has 0 amide bonds. The fourth-order valence-electron chi connectivity index (χ4n) is 1.48. The van der Waals surface area contributed by atoms with E-state index in [1.54, 1.807) is 13.1 Å². The Hall–Kier alpha value is -1.82. The minimum Gasteiger partial charge on any atom is -0.477 e. The van der Waals surface area contributed by atoms with E-state index in [0.29, 0.717) is 4.67 Å². The first kappa shape index (κ1) is 11.7. The fraction of sp³-hybridized carbons (Fsp3) is 0.0909. The van der Waals surface area contributed by atoms with Gasteiger partial charge < -0.3 is 14.1 Å². The number of aromatic nitrogens is 1. The summed E-state index contributed by atoms with van der Waals surface area (Å²) in [6, 6.07) is 4.45. The van der Waals surface area contributed by atoms with Gasteiger partial charge in [0.25, 0.3) is 0 Å². The van der Waals surface area contributed by atoms with Crippen LogP contribution in [0.3, 0.4) is 0 Å². The van der Waals surface area contributed by atoms with Crippen molar-refractivity contribution < 1.29 is 19.1 Å². The monoisotopic (exact) mass is 297 g/mol. The summed E-state index contributed by atoms with van der Waals surface area (Å²) in [7, 11) is 1.57. The zero-order chi connectivity index (χ0) is 12.6. The Balaban J connectivity index is 2.38. The first-order valence-electron chi connectivity index (χ1n) is 4.68. The maximum absolute atomic E-state index is 11.9. The molecule has 0 spiro atoms. The van der Waals surface area contributed by atoms with E-state index < -0.39 is 5.97 Å². The van der Waals surface area contributed by atoms with Gasteiger partial charge in [0, 0.05) is 18.8 Å². The molecule has 0 radical (unpaired) electrons. The summed E-state index contributed by atoms with van der Waals surface area (Å²) < 4.78 is 6.96. The molecule has 0 unspecified atom stereocenters. The minimum atomic E-state index is -1.08. The van der Waals surface area contributed by atoms with Crippen LogP contribution in [0, 0.1) is 0 Å². The van der Waals surface area contributed by atoms with Crippen molar-refractivity contribution in [1.29, 1.82) is 0 Å². The number of rotatable bonds is 3. The van der Waals surface area contributed by atoms with Crippen LogP contribution in [-0.4, -0.2) is 21.4 Å². The van der Waals surface area contributed by atoms with Gasteiger partial charge in [0.15, 0.2) is 10.4 Å². The molecule has 88 valence electrons. The number of carbonyl (C=O) groups excluding carboxylic acids is 1. The van der Waals surface area contributed by atoms with Crippen molar-refractivity contribution in [2.24, 2.45) is 7.05 Å². The number of aryl methyl sites for hydroxylation is 1. The van der Waals surface area contributed by atoms with Crippen LogP contribution in [0.5, 0.6) is 0 Å². The summed E-state index contributed by atoms with van der Waals surface area (Å²) in [4.78, 5) is 22.8. The van der Waals surface area contributed by atoms with Gasteiger partial charge in [-0.2, -0.15) is 0 Å². The Bertz CT molecular complexity index is 596. The third-order valence-corrected chi connectivity index (χ3v) is 2.71. The van der Waals surface area contributed by atoms with Gasteiger partial charge in [0.05, 0.1) is 0 Å². The summed E-state index contributed by atoms with van der Waals surface area (Å²) in [6.45, 7) is 0. The van der Waals surface area contributed by atoms with Gasteiger partial charge >= 0.3 is 5.97 Å². The highest BCUT2D eigenvalue weighted by atomic mass is 79.9. The van der Waals surface area contributed by atoms with E-state index in [1.165, 1.54) is 22.9 Å². The molecule has 0 bridgehead atoms. The lowest BCUT2D eigenvalue weighted by atomic mass is 10.2. The van der Waals surface area contributed by atoms with E-state index in [0.717, 1.165) is 0 Å². The second-order valence-electron chi connectivity index (χ2n) is 3.46. The van der Waals surface area contributed by atoms with Gasteiger partial charge in [-0.25, -0.2) is 4.79 Å². The van der Waals surface area contributed by atoms with Crippen LogP contribution in [0.2, 0.25) is 0 Å². The van der Waals surface area contributed by atoms with Crippen molar-refractivity contribution in [3.05, 3.63) is 46.1 Å². The lowest BCUT2D eigenvalue weighted by Gasteiger charge is -1.93. The molecule has 0 aliphatic heterocycles. The molecule has 5 nitrogen and oxygen atoms in total. The van der Waals surface area contributed by atoms with E-state index in [9.17, 15) is 9.59 Å². The van der Waals surface area contributed by atoms with Crippen molar-refractivity contribution >= 4 is 27.7 Å². The van der Waals surface area contributed by atoms with Crippen LogP contribution in [0.25, 0.3) is 0 Å². The average Bonchev–Trinajstić information content (AvgIpc) is 2.83. The van der Waals surface area contributed by atoms with Gasteiger partial charge in [-0.1, -0.05) is 0 Å². The molecular weight excluding hydrogens is 290 g/mol. The zero-order valence-corrected chi connectivity index (χ0v) is 10.4. The van der Waals surface area contributed by atoms with Crippen molar-refractivity contribution in [1.82, 2.24) is 4.57 Å². The molecule has 2 aromatic rings. The van der Waals surface area contributed by atoms with Crippen molar-refractivity contribution in [2.75, 3.05) is 0 Å². The highest BCUT2D eigenvalue weighted by Gasteiger charge is 2.18. The third-order valence-electron chi connectivity index (χ3n) is 2.28. The number of halogens is 1. The summed E-state index contributed by atoms with van der Waals surface area (Å²) in [5.74, 6) is -1.26. The highest BCUT2D eigenvalue weighted by Crippen LogP contribution is 2.18. The van der Waals surface area contributed by atoms with Gasteiger partial charge in [-0.15, -0.1) is 0 Å². The molecule has 0 aliphatic carbocycles. The van der Waals surface area contributed by atoms with E-state index >= 15 is 0 Å². The van der Waals surface area contributed by atoms with Gasteiger partial charge in [-0.3, -0.25) is 4.79 Å². The topological polar surface area (TPSA) is 72.4 Å². The first-order valence-corrected chi connectivity index (χ1v) is 5.48. The highest BCUT2D eigenvalue weighted by molar-refractivity contribution is 9.10. The predicted molar refractivity (Wildman–Crippen MR) is 62.2 cm³/mol. The largest absolute Gasteiger partial charge is 0.477 e. The average molecular weight is 298 g/mol. The molecule has 0 fully saturated rings. The van der Waals surface area contributed by atoms with Crippen molar-refractivity contribution in [3.63, 3.8) is 0 Å². The second-order valence-corrected chi connectivity index (χ2v) is 4.24. The molecule has 2 aromatic heterocycles. The minimum absolute atomic E-state index is 0.0546. The van der Waals surface area contributed by atoms with Crippen LogP contribution in [0.15, 0.2) is 33.5 Å². The first-order chi connectivity index (χ1) is 7.99. The molecule has 6 heteroatoms. The maximum atomic E-state index is 11.9. The second kappa shape index (κ2) is 4.21. The van der Waals surface area contributed by atoms with E-state index in [4.69, 9.17) is 9.52 Å². The van der Waals surface area contributed by atoms with Gasteiger partial charge in [0.2, 0.25) is 5.78 Å². The van der Waals surface area contributed by atoms with Crippen LogP contribution in [-0.2, 0) is 7.05 Å². The Morgan fingerprint density at radius 2 is 2.12 bits per heavy atom. The maximum Gasteiger partial charge on any atom is 0.352 e. The molecule has 0 aromatic carbocycles. The van der Waals surface area contributed by atoms with E-state index in [1.807, 2.05) is 0 Å². The van der Waals surface area contributed by atoms with Crippen molar-refractivity contribution in [2.45, 2.75) is 0 Å². The number of carbonyl (C=O) groups is 2. The Morgan fingerprint density at radius 1 is 1.41 bits per heavy atom. The van der Waals surface area contributed by atoms with Gasteiger partial charge in [0.1, 0.15) is 5.69 Å². The summed E-state index contributed by atoms with van der Waals surface area (Å²) in [6.07, 6.45) is 1.46.